The fraction of sp³-hybridized carbons (Fsp3) is 0.429. The second-order valence-electron chi connectivity index (χ2n) is 4.29. The average molecular weight is 267 g/mol. The summed E-state index contributed by atoms with van der Waals surface area (Å²) in [5.41, 5.74) is 6.84. The van der Waals surface area contributed by atoms with Gasteiger partial charge < -0.3 is 15.0 Å². The van der Waals surface area contributed by atoms with Crippen molar-refractivity contribution < 1.29 is 4.74 Å². The normalized spacial score (nSPS) is 13.1. The first-order valence-corrected chi connectivity index (χ1v) is 6.69. The highest BCUT2D eigenvalue weighted by Crippen LogP contribution is 2.25. The van der Waals surface area contributed by atoms with Crippen molar-refractivity contribution in [3.05, 3.63) is 35.5 Å². The number of fused-ring (bicyclic) bond motifs is 1. The summed E-state index contributed by atoms with van der Waals surface area (Å²) >= 11 is 6.21. The summed E-state index contributed by atoms with van der Waals surface area (Å²) < 4.78 is 7.73. The van der Waals surface area contributed by atoms with Gasteiger partial charge in [-0.3, -0.25) is 0 Å². The van der Waals surface area contributed by atoms with Crippen molar-refractivity contribution in [3.8, 4) is 0 Å². The second-order valence-corrected chi connectivity index (χ2v) is 4.70. The van der Waals surface area contributed by atoms with Crippen LogP contribution in [0, 0.1) is 0 Å². The van der Waals surface area contributed by atoms with Crippen molar-refractivity contribution in [1.29, 1.82) is 0 Å². The summed E-state index contributed by atoms with van der Waals surface area (Å²) in [6.07, 6.45) is 3.00. The maximum Gasteiger partial charge on any atom is 0.0714 e. The highest BCUT2D eigenvalue weighted by Gasteiger charge is 2.09. The SMILES string of the molecule is CCOC(CN)CCn1cc(Cl)c2ccccc21. The van der Waals surface area contributed by atoms with Gasteiger partial charge in [0.15, 0.2) is 0 Å². The molecule has 1 unspecified atom stereocenters. The van der Waals surface area contributed by atoms with Crippen LogP contribution in [-0.2, 0) is 11.3 Å². The van der Waals surface area contributed by atoms with Gasteiger partial charge in [-0.1, -0.05) is 29.8 Å². The van der Waals surface area contributed by atoms with Crippen molar-refractivity contribution in [2.75, 3.05) is 13.2 Å². The predicted octanol–water partition coefficient (Wildman–Crippen LogP) is 3.05. The van der Waals surface area contributed by atoms with Crippen molar-refractivity contribution in [1.82, 2.24) is 4.57 Å². The maximum absolute atomic E-state index is 6.21. The Morgan fingerprint density at radius 2 is 2.17 bits per heavy atom. The average Bonchev–Trinajstić information content (AvgIpc) is 2.72. The van der Waals surface area contributed by atoms with Crippen molar-refractivity contribution in [2.24, 2.45) is 5.73 Å². The lowest BCUT2D eigenvalue weighted by Crippen LogP contribution is -2.25. The molecule has 0 amide bonds. The number of hydrogen-bond donors (Lipinski definition) is 1. The highest BCUT2D eigenvalue weighted by molar-refractivity contribution is 6.35. The molecule has 4 heteroatoms. The lowest BCUT2D eigenvalue weighted by Gasteiger charge is -2.15. The fourth-order valence-electron chi connectivity index (χ4n) is 2.17. The van der Waals surface area contributed by atoms with Crippen LogP contribution in [0.1, 0.15) is 13.3 Å². The molecule has 1 atom stereocenters. The summed E-state index contributed by atoms with van der Waals surface area (Å²) in [6.45, 7) is 4.12. The first-order chi connectivity index (χ1) is 8.76. The van der Waals surface area contributed by atoms with E-state index in [0.29, 0.717) is 13.2 Å². The predicted molar refractivity (Wildman–Crippen MR) is 76.0 cm³/mol. The topological polar surface area (TPSA) is 40.2 Å². The van der Waals surface area contributed by atoms with Gasteiger partial charge in [-0.15, -0.1) is 0 Å². The fourth-order valence-corrected chi connectivity index (χ4v) is 2.45. The van der Waals surface area contributed by atoms with Crippen LogP contribution in [0.2, 0.25) is 5.02 Å². The molecule has 0 spiro atoms. The van der Waals surface area contributed by atoms with E-state index in [0.717, 1.165) is 28.9 Å². The standard InChI is InChI=1S/C14H19ClN2O/c1-2-18-11(9-16)7-8-17-10-13(15)12-5-3-4-6-14(12)17/h3-6,10-11H,2,7-9,16H2,1H3. The number of ether oxygens (including phenoxy) is 1. The number of aromatic nitrogens is 1. The van der Waals surface area contributed by atoms with E-state index in [-0.39, 0.29) is 6.10 Å². The Kier molecular flexibility index (Phi) is 4.64. The molecule has 2 N–H and O–H groups in total. The molecule has 0 aliphatic carbocycles. The van der Waals surface area contributed by atoms with E-state index in [4.69, 9.17) is 22.1 Å². The van der Waals surface area contributed by atoms with Crippen molar-refractivity contribution in [3.63, 3.8) is 0 Å². The highest BCUT2D eigenvalue weighted by atomic mass is 35.5. The molecule has 1 aromatic carbocycles. The molecular formula is C14H19ClN2O. The first-order valence-electron chi connectivity index (χ1n) is 6.31. The number of para-hydroxylation sites is 1. The molecule has 2 rings (SSSR count). The van der Waals surface area contributed by atoms with Crippen LogP contribution >= 0.6 is 11.6 Å². The van der Waals surface area contributed by atoms with Crippen LogP contribution in [-0.4, -0.2) is 23.8 Å². The van der Waals surface area contributed by atoms with E-state index in [9.17, 15) is 0 Å². The molecule has 0 radical (unpaired) electrons. The quantitative estimate of drug-likeness (QED) is 0.873. The van der Waals surface area contributed by atoms with E-state index in [2.05, 4.69) is 10.6 Å². The Balaban J connectivity index is 2.12. The van der Waals surface area contributed by atoms with Gasteiger partial charge in [0.25, 0.3) is 0 Å². The number of halogens is 1. The van der Waals surface area contributed by atoms with Crippen LogP contribution in [0.5, 0.6) is 0 Å². The summed E-state index contributed by atoms with van der Waals surface area (Å²) in [4.78, 5) is 0. The lowest BCUT2D eigenvalue weighted by atomic mass is 10.2. The Morgan fingerprint density at radius 3 is 2.89 bits per heavy atom. The summed E-state index contributed by atoms with van der Waals surface area (Å²) in [6, 6.07) is 8.15. The molecule has 0 aliphatic rings. The van der Waals surface area contributed by atoms with Gasteiger partial charge in [0.1, 0.15) is 0 Å². The van der Waals surface area contributed by atoms with Crippen LogP contribution in [0.4, 0.5) is 0 Å². The summed E-state index contributed by atoms with van der Waals surface area (Å²) in [5, 5.41) is 1.89. The largest absolute Gasteiger partial charge is 0.377 e. The first kappa shape index (κ1) is 13.4. The van der Waals surface area contributed by atoms with E-state index < -0.39 is 0 Å². The number of nitrogens with two attached hydrogens (primary N) is 1. The molecule has 1 aromatic heterocycles. The molecule has 3 nitrogen and oxygen atoms in total. The molecule has 0 fully saturated rings. The Morgan fingerprint density at radius 1 is 1.39 bits per heavy atom. The molecule has 0 saturated heterocycles. The minimum absolute atomic E-state index is 0.120. The van der Waals surface area contributed by atoms with Crippen LogP contribution in [0.15, 0.2) is 30.5 Å². The molecule has 18 heavy (non-hydrogen) atoms. The smallest absolute Gasteiger partial charge is 0.0714 e. The van der Waals surface area contributed by atoms with Gasteiger partial charge in [0.05, 0.1) is 11.1 Å². The van der Waals surface area contributed by atoms with Crippen LogP contribution < -0.4 is 5.73 Å². The zero-order valence-corrected chi connectivity index (χ0v) is 11.4. The van der Waals surface area contributed by atoms with Crippen LogP contribution in [0.25, 0.3) is 10.9 Å². The zero-order valence-electron chi connectivity index (χ0n) is 10.6. The minimum Gasteiger partial charge on any atom is -0.377 e. The third kappa shape index (κ3) is 2.86. The Bertz CT molecular complexity index is 509. The van der Waals surface area contributed by atoms with Crippen molar-refractivity contribution >= 4 is 22.5 Å². The van der Waals surface area contributed by atoms with Gasteiger partial charge in [-0.2, -0.15) is 0 Å². The van der Waals surface area contributed by atoms with E-state index in [1.54, 1.807) is 0 Å². The van der Waals surface area contributed by atoms with Gasteiger partial charge >= 0.3 is 0 Å². The Hall–Kier alpha value is -1.03. The van der Waals surface area contributed by atoms with E-state index >= 15 is 0 Å². The third-order valence-corrected chi connectivity index (χ3v) is 3.40. The number of benzene rings is 1. The number of nitrogens with zero attached hydrogens (tertiary/aromatic N) is 1. The monoisotopic (exact) mass is 266 g/mol. The maximum atomic E-state index is 6.21. The molecule has 2 aromatic rings. The number of rotatable bonds is 6. The van der Waals surface area contributed by atoms with Gasteiger partial charge in [-0.05, 0) is 19.4 Å². The van der Waals surface area contributed by atoms with E-state index in [1.807, 2.05) is 31.3 Å². The minimum atomic E-state index is 0.120. The lowest BCUT2D eigenvalue weighted by molar-refractivity contribution is 0.0601. The number of hydrogen-bond acceptors (Lipinski definition) is 2. The molecule has 0 aliphatic heterocycles. The molecule has 98 valence electrons. The summed E-state index contributed by atoms with van der Waals surface area (Å²) in [5.74, 6) is 0. The molecule has 0 saturated carbocycles. The molecule has 1 heterocycles. The third-order valence-electron chi connectivity index (χ3n) is 3.10. The van der Waals surface area contributed by atoms with Gasteiger partial charge in [0, 0.05) is 36.8 Å². The summed E-state index contributed by atoms with van der Waals surface area (Å²) in [7, 11) is 0. The van der Waals surface area contributed by atoms with Crippen molar-refractivity contribution in [2.45, 2.75) is 26.0 Å². The van der Waals surface area contributed by atoms with Crippen LogP contribution in [0.3, 0.4) is 0 Å². The Labute approximate surface area is 112 Å². The molecule has 0 bridgehead atoms. The second kappa shape index (κ2) is 6.23. The van der Waals surface area contributed by atoms with Gasteiger partial charge in [-0.25, -0.2) is 0 Å². The van der Waals surface area contributed by atoms with Gasteiger partial charge in [0.2, 0.25) is 0 Å². The zero-order chi connectivity index (χ0) is 13.0. The molecular weight excluding hydrogens is 248 g/mol. The van der Waals surface area contributed by atoms with E-state index in [1.165, 1.54) is 0 Å². The number of aryl methyl sites for hydroxylation is 1.